The molecule has 0 aromatic carbocycles. The van der Waals surface area contributed by atoms with Crippen LogP contribution >= 0.6 is 0 Å². The molecule has 88 valence electrons. The first kappa shape index (κ1) is 11.6. The number of hydrogen-bond acceptors (Lipinski definition) is 3. The lowest BCUT2D eigenvalue weighted by Crippen LogP contribution is -2.37. The van der Waals surface area contributed by atoms with Crippen LogP contribution in [0.4, 0.5) is 0 Å². The molecule has 2 rings (SSSR count). The zero-order chi connectivity index (χ0) is 11.4. The lowest BCUT2D eigenvalue weighted by Gasteiger charge is -2.29. The highest BCUT2D eigenvalue weighted by molar-refractivity contribution is 5.08. The van der Waals surface area contributed by atoms with Crippen LogP contribution in [0.2, 0.25) is 0 Å². The zero-order valence-corrected chi connectivity index (χ0v) is 9.76. The van der Waals surface area contributed by atoms with Gasteiger partial charge < -0.3 is 10.4 Å². The Morgan fingerprint density at radius 3 is 3.00 bits per heavy atom. The van der Waals surface area contributed by atoms with E-state index in [1.165, 1.54) is 0 Å². The standard InChI is InChI=1S/C13H20N2O/c1-10(13-7-2-3-8-14-13)15-11-5-4-6-12(16)9-11/h2-3,7-8,10-12,15-16H,4-6,9H2,1H3. The summed E-state index contributed by atoms with van der Waals surface area (Å²) in [5.74, 6) is 0. The molecule has 1 aliphatic carbocycles. The second kappa shape index (κ2) is 5.41. The number of aliphatic hydroxyl groups is 1. The monoisotopic (exact) mass is 220 g/mol. The van der Waals surface area contributed by atoms with Gasteiger partial charge in [0.15, 0.2) is 0 Å². The molecule has 0 bridgehead atoms. The third-order valence-corrected chi connectivity index (χ3v) is 3.26. The number of nitrogens with zero attached hydrogens (tertiary/aromatic N) is 1. The summed E-state index contributed by atoms with van der Waals surface area (Å²) in [6.45, 7) is 2.13. The predicted molar refractivity (Wildman–Crippen MR) is 64.1 cm³/mol. The van der Waals surface area contributed by atoms with E-state index in [0.717, 1.165) is 31.4 Å². The Bertz CT molecular complexity index is 315. The van der Waals surface area contributed by atoms with Gasteiger partial charge in [-0.1, -0.05) is 6.07 Å². The van der Waals surface area contributed by atoms with Gasteiger partial charge in [-0.3, -0.25) is 4.98 Å². The number of rotatable bonds is 3. The second-order valence-corrected chi connectivity index (χ2v) is 4.66. The summed E-state index contributed by atoms with van der Waals surface area (Å²) in [5.41, 5.74) is 1.07. The average molecular weight is 220 g/mol. The van der Waals surface area contributed by atoms with Crippen LogP contribution in [0.25, 0.3) is 0 Å². The molecule has 3 atom stereocenters. The van der Waals surface area contributed by atoms with Crippen LogP contribution in [0, 0.1) is 0 Å². The van der Waals surface area contributed by atoms with Gasteiger partial charge in [-0.05, 0) is 44.7 Å². The second-order valence-electron chi connectivity index (χ2n) is 4.66. The zero-order valence-electron chi connectivity index (χ0n) is 9.76. The van der Waals surface area contributed by atoms with Gasteiger partial charge >= 0.3 is 0 Å². The summed E-state index contributed by atoms with van der Waals surface area (Å²) >= 11 is 0. The van der Waals surface area contributed by atoms with Crippen molar-refractivity contribution in [3.05, 3.63) is 30.1 Å². The first-order valence-corrected chi connectivity index (χ1v) is 6.11. The molecule has 0 amide bonds. The summed E-state index contributed by atoms with van der Waals surface area (Å²) in [6, 6.07) is 6.67. The lowest BCUT2D eigenvalue weighted by atomic mass is 9.92. The van der Waals surface area contributed by atoms with Crippen molar-refractivity contribution in [1.29, 1.82) is 0 Å². The molecule has 1 fully saturated rings. The maximum Gasteiger partial charge on any atom is 0.0570 e. The molecule has 1 saturated carbocycles. The Labute approximate surface area is 96.9 Å². The van der Waals surface area contributed by atoms with E-state index in [2.05, 4.69) is 17.2 Å². The average Bonchev–Trinajstić information content (AvgIpc) is 2.30. The van der Waals surface area contributed by atoms with Crippen LogP contribution in [-0.4, -0.2) is 22.2 Å². The summed E-state index contributed by atoms with van der Waals surface area (Å²) in [5, 5.41) is 13.2. The number of nitrogens with one attached hydrogen (secondary N) is 1. The van der Waals surface area contributed by atoms with E-state index in [-0.39, 0.29) is 12.1 Å². The molecule has 0 radical (unpaired) electrons. The quantitative estimate of drug-likeness (QED) is 0.819. The molecule has 1 aliphatic rings. The van der Waals surface area contributed by atoms with Gasteiger partial charge in [-0.2, -0.15) is 0 Å². The molecule has 16 heavy (non-hydrogen) atoms. The molecule has 0 aliphatic heterocycles. The molecule has 0 saturated heterocycles. The number of hydrogen-bond donors (Lipinski definition) is 2. The third-order valence-electron chi connectivity index (χ3n) is 3.26. The van der Waals surface area contributed by atoms with Gasteiger partial charge in [0.2, 0.25) is 0 Å². The highest BCUT2D eigenvalue weighted by Gasteiger charge is 2.21. The minimum atomic E-state index is -0.123. The molecule has 1 aromatic heterocycles. The summed E-state index contributed by atoms with van der Waals surface area (Å²) < 4.78 is 0. The van der Waals surface area contributed by atoms with Gasteiger partial charge in [0.05, 0.1) is 11.8 Å². The van der Waals surface area contributed by atoms with Crippen molar-refractivity contribution in [3.63, 3.8) is 0 Å². The van der Waals surface area contributed by atoms with Crippen molar-refractivity contribution in [2.24, 2.45) is 0 Å². The van der Waals surface area contributed by atoms with Crippen molar-refractivity contribution < 1.29 is 5.11 Å². The first-order valence-electron chi connectivity index (χ1n) is 6.11. The van der Waals surface area contributed by atoms with Crippen LogP contribution in [0.3, 0.4) is 0 Å². The van der Waals surface area contributed by atoms with E-state index in [4.69, 9.17) is 0 Å². The van der Waals surface area contributed by atoms with Gasteiger partial charge in [0.1, 0.15) is 0 Å². The van der Waals surface area contributed by atoms with E-state index in [1.807, 2.05) is 24.4 Å². The lowest BCUT2D eigenvalue weighted by molar-refractivity contribution is 0.109. The molecule has 0 spiro atoms. The maximum absolute atomic E-state index is 9.61. The van der Waals surface area contributed by atoms with Crippen LogP contribution in [-0.2, 0) is 0 Å². The predicted octanol–water partition coefficient (Wildman–Crippen LogP) is 2.04. The molecule has 1 aromatic rings. The van der Waals surface area contributed by atoms with Crippen LogP contribution in [0.5, 0.6) is 0 Å². The van der Waals surface area contributed by atoms with Crippen LogP contribution in [0.15, 0.2) is 24.4 Å². The van der Waals surface area contributed by atoms with Crippen LogP contribution < -0.4 is 5.32 Å². The molecular formula is C13H20N2O. The fourth-order valence-electron chi connectivity index (χ4n) is 2.39. The molecule has 1 heterocycles. The van der Waals surface area contributed by atoms with Crippen molar-refractivity contribution in [3.8, 4) is 0 Å². The van der Waals surface area contributed by atoms with Gasteiger partial charge in [0.25, 0.3) is 0 Å². The van der Waals surface area contributed by atoms with Crippen molar-refractivity contribution in [2.75, 3.05) is 0 Å². The SMILES string of the molecule is CC(NC1CCCC(O)C1)c1ccccn1. The van der Waals surface area contributed by atoms with Crippen LogP contribution in [0.1, 0.15) is 44.3 Å². The minimum absolute atomic E-state index is 0.123. The Morgan fingerprint density at radius 1 is 1.44 bits per heavy atom. The highest BCUT2D eigenvalue weighted by Crippen LogP contribution is 2.21. The number of pyridine rings is 1. The number of aliphatic hydroxyl groups excluding tert-OH is 1. The van der Waals surface area contributed by atoms with Gasteiger partial charge in [-0.25, -0.2) is 0 Å². The maximum atomic E-state index is 9.61. The molecule has 3 heteroatoms. The Hall–Kier alpha value is -0.930. The number of aromatic nitrogens is 1. The molecule has 3 unspecified atom stereocenters. The van der Waals surface area contributed by atoms with Crippen molar-refractivity contribution in [2.45, 2.75) is 50.8 Å². The molecule has 2 N–H and O–H groups in total. The fraction of sp³-hybridized carbons (Fsp3) is 0.615. The third kappa shape index (κ3) is 3.03. The van der Waals surface area contributed by atoms with Gasteiger partial charge in [-0.15, -0.1) is 0 Å². The fourth-order valence-corrected chi connectivity index (χ4v) is 2.39. The van der Waals surface area contributed by atoms with E-state index in [1.54, 1.807) is 0 Å². The Kier molecular flexibility index (Phi) is 3.91. The molecular weight excluding hydrogens is 200 g/mol. The first-order chi connectivity index (χ1) is 7.75. The Balaban J connectivity index is 1.89. The topological polar surface area (TPSA) is 45.1 Å². The van der Waals surface area contributed by atoms with Crippen molar-refractivity contribution >= 4 is 0 Å². The molecule has 3 nitrogen and oxygen atoms in total. The normalized spacial score (nSPS) is 27.6. The van der Waals surface area contributed by atoms with E-state index in [0.29, 0.717) is 6.04 Å². The summed E-state index contributed by atoms with van der Waals surface area (Å²) in [6.07, 6.45) is 5.81. The smallest absolute Gasteiger partial charge is 0.0570 e. The minimum Gasteiger partial charge on any atom is -0.393 e. The van der Waals surface area contributed by atoms with Crippen molar-refractivity contribution in [1.82, 2.24) is 10.3 Å². The van der Waals surface area contributed by atoms with Gasteiger partial charge in [0, 0.05) is 18.3 Å². The summed E-state index contributed by atoms with van der Waals surface area (Å²) in [7, 11) is 0. The largest absolute Gasteiger partial charge is 0.393 e. The Morgan fingerprint density at radius 2 is 2.31 bits per heavy atom. The summed E-state index contributed by atoms with van der Waals surface area (Å²) in [4.78, 5) is 4.34. The van der Waals surface area contributed by atoms with E-state index < -0.39 is 0 Å². The highest BCUT2D eigenvalue weighted by atomic mass is 16.3. The van der Waals surface area contributed by atoms with E-state index >= 15 is 0 Å². The van der Waals surface area contributed by atoms with E-state index in [9.17, 15) is 5.11 Å².